The summed E-state index contributed by atoms with van der Waals surface area (Å²) in [6.45, 7) is 7.51. The summed E-state index contributed by atoms with van der Waals surface area (Å²) < 4.78 is 10.9. The van der Waals surface area contributed by atoms with Crippen LogP contribution in [0.2, 0.25) is 0 Å². The van der Waals surface area contributed by atoms with E-state index >= 15 is 0 Å². The molecule has 8 heteroatoms. The predicted molar refractivity (Wildman–Crippen MR) is 123 cm³/mol. The number of ether oxygens (including phenoxy) is 2. The van der Waals surface area contributed by atoms with Gasteiger partial charge in [0.15, 0.2) is 0 Å². The molecule has 0 aromatic heterocycles. The second-order valence-electron chi connectivity index (χ2n) is 10.2. The van der Waals surface area contributed by atoms with Gasteiger partial charge in [0.2, 0.25) is 11.9 Å². The van der Waals surface area contributed by atoms with Crippen LogP contribution in [0.3, 0.4) is 0 Å². The minimum atomic E-state index is -1.13. The molecule has 2 fully saturated rings. The highest BCUT2D eigenvalue weighted by Crippen LogP contribution is 2.50. The van der Waals surface area contributed by atoms with E-state index in [9.17, 15) is 19.7 Å². The first kappa shape index (κ1) is 25.1. The average Bonchev–Trinajstić information content (AvgIpc) is 3.16. The molecule has 1 aromatic carbocycles. The van der Waals surface area contributed by atoms with Gasteiger partial charge >= 0.3 is 5.97 Å². The second-order valence-corrected chi connectivity index (χ2v) is 10.2. The lowest BCUT2D eigenvalue weighted by Crippen LogP contribution is -2.50. The van der Waals surface area contributed by atoms with Crippen molar-refractivity contribution in [3.63, 3.8) is 0 Å². The van der Waals surface area contributed by atoms with Gasteiger partial charge in [-0.2, -0.15) is 0 Å². The third-order valence-corrected chi connectivity index (χ3v) is 7.11. The van der Waals surface area contributed by atoms with Gasteiger partial charge in [0, 0.05) is 18.0 Å². The Morgan fingerprint density at radius 3 is 2.39 bits per heavy atom. The largest absolute Gasteiger partial charge is 0.464 e. The molecule has 1 aliphatic heterocycles. The summed E-state index contributed by atoms with van der Waals surface area (Å²) in [6, 6.07) is 6.03. The minimum absolute atomic E-state index is 0.0313. The third-order valence-electron chi connectivity index (χ3n) is 7.11. The summed E-state index contributed by atoms with van der Waals surface area (Å²) in [4.78, 5) is 41.0. The highest BCUT2D eigenvalue weighted by molar-refractivity contribution is 5.88. The second kappa shape index (κ2) is 10.2. The normalized spacial score (nSPS) is 30.2. The van der Waals surface area contributed by atoms with Gasteiger partial charge in [-0.1, -0.05) is 57.5 Å². The van der Waals surface area contributed by atoms with Gasteiger partial charge in [0.25, 0.3) is 0 Å². The van der Waals surface area contributed by atoms with E-state index in [1.807, 2.05) is 26.8 Å². The fourth-order valence-corrected chi connectivity index (χ4v) is 5.69. The van der Waals surface area contributed by atoms with Crippen LogP contribution < -0.4 is 0 Å². The van der Waals surface area contributed by atoms with Gasteiger partial charge < -0.3 is 14.4 Å². The lowest BCUT2D eigenvalue weighted by Gasteiger charge is -2.36. The Morgan fingerprint density at radius 2 is 1.85 bits per heavy atom. The van der Waals surface area contributed by atoms with Crippen molar-refractivity contribution in [3.8, 4) is 0 Å². The molecule has 1 saturated carbocycles. The Hall–Kier alpha value is -2.48. The van der Waals surface area contributed by atoms with Gasteiger partial charge in [-0.25, -0.2) is 4.79 Å². The number of likely N-dealkylation sites (tertiary alicyclic amines) is 1. The van der Waals surface area contributed by atoms with E-state index in [4.69, 9.17) is 9.47 Å². The minimum Gasteiger partial charge on any atom is -0.464 e. The van der Waals surface area contributed by atoms with Crippen LogP contribution in [-0.4, -0.2) is 53.6 Å². The van der Waals surface area contributed by atoms with E-state index < -0.39 is 35.4 Å². The molecule has 1 aromatic rings. The van der Waals surface area contributed by atoms with Gasteiger partial charge in [-0.05, 0) is 37.2 Å². The number of rotatable bonds is 6. The van der Waals surface area contributed by atoms with Crippen LogP contribution in [0.1, 0.15) is 65.0 Å². The molecule has 1 saturated heterocycles. The first-order valence-corrected chi connectivity index (χ1v) is 11.8. The SMILES string of the molecule is CCOC(=O)[C@@H]1[C@@H](C(C)(C)C)[C@H]([N+](=O)[O-])[C@H](c2ccccc2)N1C(=O)[C@H]1CCC[C@H](OC)C1. The summed E-state index contributed by atoms with van der Waals surface area (Å²) in [5.41, 5.74) is 0.0477. The Balaban J connectivity index is 2.16. The van der Waals surface area contributed by atoms with E-state index in [1.54, 1.807) is 38.3 Å². The zero-order valence-electron chi connectivity index (χ0n) is 20.2. The molecule has 2 aliphatic rings. The van der Waals surface area contributed by atoms with Crippen molar-refractivity contribution >= 4 is 11.9 Å². The van der Waals surface area contributed by atoms with E-state index in [1.165, 1.54) is 4.90 Å². The average molecular weight is 461 g/mol. The molecule has 3 rings (SSSR count). The van der Waals surface area contributed by atoms with Gasteiger partial charge in [-0.3, -0.25) is 14.9 Å². The number of hydrogen-bond acceptors (Lipinski definition) is 6. The third kappa shape index (κ3) is 5.05. The summed E-state index contributed by atoms with van der Waals surface area (Å²) in [5.74, 6) is -1.85. The number of amides is 1. The van der Waals surface area contributed by atoms with Crippen molar-refractivity contribution in [3.05, 3.63) is 46.0 Å². The summed E-state index contributed by atoms with van der Waals surface area (Å²) >= 11 is 0. The highest BCUT2D eigenvalue weighted by atomic mass is 16.6. The molecule has 182 valence electrons. The number of benzene rings is 1. The number of nitro groups is 1. The topological polar surface area (TPSA) is 99.0 Å². The predicted octanol–water partition coefficient (Wildman–Crippen LogP) is 4.01. The molecule has 1 amide bonds. The van der Waals surface area contributed by atoms with Crippen molar-refractivity contribution in [1.29, 1.82) is 0 Å². The summed E-state index contributed by atoms with van der Waals surface area (Å²) in [5, 5.41) is 12.5. The number of hydrogen-bond donors (Lipinski definition) is 0. The number of nitrogens with zero attached hydrogens (tertiary/aromatic N) is 2. The van der Waals surface area contributed by atoms with Gasteiger partial charge in [-0.15, -0.1) is 0 Å². The molecule has 0 unspecified atom stereocenters. The molecular formula is C25H36N2O6. The first-order chi connectivity index (χ1) is 15.6. The summed E-state index contributed by atoms with van der Waals surface area (Å²) in [7, 11) is 1.64. The maximum Gasteiger partial charge on any atom is 0.329 e. The molecule has 6 atom stereocenters. The van der Waals surface area contributed by atoms with Crippen LogP contribution in [0.5, 0.6) is 0 Å². The molecule has 0 N–H and O–H groups in total. The number of carbonyl (C=O) groups is 2. The number of carbonyl (C=O) groups excluding carboxylic acids is 2. The Bertz CT molecular complexity index is 852. The monoisotopic (exact) mass is 460 g/mol. The molecule has 1 aliphatic carbocycles. The van der Waals surface area contributed by atoms with E-state index in [0.29, 0.717) is 18.4 Å². The molecule has 0 radical (unpaired) electrons. The van der Waals surface area contributed by atoms with Crippen LogP contribution in [0.15, 0.2) is 30.3 Å². The Kier molecular flexibility index (Phi) is 7.77. The molecule has 0 bridgehead atoms. The summed E-state index contributed by atoms with van der Waals surface area (Å²) in [6.07, 6.45) is 2.91. The quantitative estimate of drug-likeness (QED) is 0.361. The maximum atomic E-state index is 14.0. The molecular weight excluding hydrogens is 424 g/mol. The van der Waals surface area contributed by atoms with Crippen molar-refractivity contribution in [1.82, 2.24) is 4.90 Å². The van der Waals surface area contributed by atoms with Crippen LogP contribution in [0.25, 0.3) is 0 Å². The van der Waals surface area contributed by atoms with Crippen LogP contribution in [0, 0.1) is 27.4 Å². The molecule has 8 nitrogen and oxygen atoms in total. The van der Waals surface area contributed by atoms with Crippen molar-refractivity contribution in [2.75, 3.05) is 13.7 Å². The highest BCUT2D eigenvalue weighted by Gasteiger charge is 2.64. The van der Waals surface area contributed by atoms with Crippen LogP contribution >= 0.6 is 0 Å². The van der Waals surface area contributed by atoms with Crippen molar-refractivity contribution in [2.45, 2.75) is 77.6 Å². The molecule has 33 heavy (non-hydrogen) atoms. The van der Waals surface area contributed by atoms with Crippen molar-refractivity contribution in [2.24, 2.45) is 17.3 Å². The number of methoxy groups -OCH3 is 1. The zero-order chi connectivity index (χ0) is 24.3. The van der Waals surface area contributed by atoms with Gasteiger partial charge in [0.05, 0.1) is 18.6 Å². The van der Waals surface area contributed by atoms with Crippen molar-refractivity contribution < 1.29 is 24.0 Å². The Labute approximate surface area is 195 Å². The Morgan fingerprint density at radius 1 is 1.18 bits per heavy atom. The smallest absolute Gasteiger partial charge is 0.329 e. The fraction of sp³-hybridized carbons (Fsp3) is 0.680. The lowest BCUT2D eigenvalue weighted by molar-refractivity contribution is -0.536. The van der Waals surface area contributed by atoms with Gasteiger partial charge in [0.1, 0.15) is 12.1 Å². The zero-order valence-corrected chi connectivity index (χ0v) is 20.2. The standard InChI is InChI=1S/C25H36N2O6/c1-6-33-24(29)22-19(25(2,3)4)21(27(30)31)20(16-11-8-7-9-12-16)26(22)23(28)17-13-10-14-18(15-17)32-5/h7-9,11-12,17-22H,6,10,13-15H2,1-5H3/t17-,18-,19-,20-,21-,22-/m0/s1. The van der Waals surface area contributed by atoms with E-state index in [2.05, 4.69) is 0 Å². The first-order valence-electron chi connectivity index (χ1n) is 11.8. The molecule has 1 heterocycles. The van der Waals surface area contributed by atoms with E-state index in [-0.39, 0.29) is 29.5 Å². The number of esters is 1. The van der Waals surface area contributed by atoms with E-state index in [0.717, 1.165) is 12.8 Å². The van der Waals surface area contributed by atoms with Crippen LogP contribution in [-0.2, 0) is 19.1 Å². The van der Waals surface area contributed by atoms with Crippen LogP contribution in [0.4, 0.5) is 0 Å². The lowest BCUT2D eigenvalue weighted by atomic mass is 9.73. The molecule has 0 spiro atoms. The fourth-order valence-electron chi connectivity index (χ4n) is 5.69. The maximum absolute atomic E-state index is 14.0.